The number of azo groups is 2. The number of halogens is 4. The minimum atomic E-state index is -1.59. The molecule has 66 heavy (non-hydrogen) atoms. The van der Waals surface area contributed by atoms with Crippen molar-refractivity contribution < 1.29 is 28.8 Å². The van der Waals surface area contributed by atoms with Gasteiger partial charge >= 0.3 is 0 Å². The van der Waals surface area contributed by atoms with Gasteiger partial charge in [0.15, 0.2) is 11.6 Å². The lowest BCUT2D eigenvalue weighted by Crippen LogP contribution is -2.33. The molecular formula is C48H46Cl4N8O6. The van der Waals surface area contributed by atoms with E-state index < -0.39 is 47.3 Å². The second-order valence-corrected chi connectivity index (χ2v) is 17.1. The minimum Gasteiger partial charge on any atom is -0.323 e. The highest BCUT2D eigenvalue weighted by molar-refractivity contribution is 6.33. The predicted octanol–water partition coefficient (Wildman–Crippen LogP) is 12.6. The molecule has 0 aliphatic rings. The molecule has 0 aromatic heterocycles. The van der Waals surface area contributed by atoms with Gasteiger partial charge in [0.2, 0.25) is 12.1 Å². The zero-order chi connectivity index (χ0) is 48.2. The molecule has 0 fully saturated rings. The maximum absolute atomic E-state index is 13.7. The zero-order valence-electron chi connectivity index (χ0n) is 36.7. The Kier molecular flexibility index (Phi) is 17.8. The van der Waals surface area contributed by atoms with Crippen LogP contribution in [0.3, 0.4) is 0 Å². The number of nitrogens with zero attached hydrogens (tertiary/aromatic N) is 4. The molecule has 0 spiro atoms. The van der Waals surface area contributed by atoms with Crippen LogP contribution in [0.5, 0.6) is 0 Å². The van der Waals surface area contributed by atoms with E-state index in [0.717, 1.165) is 11.1 Å². The van der Waals surface area contributed by atoms with Gasteiger partial charge in [-0.1, -0.05) is 73.4 Å². The first-order chi connectivity index (χ1) is 31.4. The maximum atomic E-state index is 13.7. The fourth-order valence-electron chi connectivity index (χ4n) is 6.55. The number of hydrogen-bond acceptors (Lipinski definition) is 10. The van der Waals surface area contributed by atoms with Crippen LogP contribution in [0.2, 0.25) is 10.0 Å². The lowest BCUT2D eigenvalue weighted by atomic mass is 10.0. The molecule has 5 aromatic carbocycles. The monoisotopic (exact) mass is 970 g/mol. The number of rotatable bonds is 18. The average Bonchev–Trinajstić information content (AvgIpc) is 3.27. The highest BCUT2D eigenvalue weighted by Crippen LogP contribution is 2.33. The van der Waals surface area contributed by atoms with Gasteiger partial charge in [0, 0.05) is 33.9 Å². The summed E-state index contributed by atoms with van der Waals surface area (Å²) in [5, 5.41) is 27.0. The summed E-state index contributed by atoms with van der Waals surface area (Å²) in [4.78, 5) is 79.3. The molecule has 342 valence electrons. The molecule has 5 rings (SSSR count). The van der Waals surface area contributed by atoms with Crippen molar-refractivity contribution in [2.75, 3.05) is 21.3 Å². The molecule has 4 amide bonds. The summed E-state index contributed by atoms with van der Waals surface area (Å²) in [6.07, 6.45) is 0.754. The van der Waals surface area contributed by atoms with Gasteiger partial charge in [-0.15, -0.1) is 23.2 Å². The van der Waals surface area contributed by atoms with E-state index in [1.807, 2.05) is 26.0 Å². The molecule has 4 unspecified atom stereocenters. The molecule has 0 aliphatic heterocycles. The third-order valence-corrected chi connectivity index (χ3v) is 11.2. The minimum absolute atomic E-state index is 0.0486. The van der Waals surface area contributed by atoms with Crippen molar-refractivity contribution in [1.82, 2.24) is 0 Å². The third-order valence-electron chi connectivity index (χ3n) is 10.1. The zero-order valence-corrected chi connectivity index (χ0v) is 39.7. The van der Waals surface area contributed by atoms with Gasteiger partial charge in [-0.3, -0.25) is 28.8 Å². The Labute approximate surface area is 402 Å². The number of anilines is 4. The van der Waals surface area contributed by atoms with Crippen LogP contribution in [0, 0.1) is 0 Å². The number of carbonyl (C=O) groups is 6. The normalized spacial score (nSPS) is 13.1. The van der Waals surface area contributed by atoms with E-state index in [4.69, 9.17) is 46.4 Å². The summed E-state index contributed by atoms with van der Waals surface area (Å²) in [7, 11) is 0. The number of alkyl halides is 2. The van der Waals surface area contributed by atoms with Crippen LogP contribution < -0.4 is 21.3 Å². The van der Waals surface area contributed by atoms with E-state index in [-0.39, 0.29) is 43.3 Å². The van der Waals surface area contributed by atoms with Crippen molar-refractivity contribution in [3.63, 3.8) is 0 Å². The highest BCUT2D eigenvalue weighted by atomic mass is 35.5. The number of nitrogens with one attached hydrogen (secondary N) is 4. The lowest BCUT2D eigenvalue weighted by molar-refractivity contribution is -0.127. The molecule has 0 radical (unpaired) electrons. The number of carbonyl (C=O) groups excluding carboxylic acids is 6. The van der Waals surface area contributed by atoms with E-state index in [1.54, 1.807) is 62.4 Å². The van der Waals surface area contributed by atoms with Crippen molar-refractivity contribution in [3.8, 4) is 0 Å². The van der Waals surface area contributed by atoms with E-state index >= 15 is 0 Å². The molecular weight excluding hydrogens is 926 g/mol. The molecule has 18 heteroatoms. The van der Waals surface area contributed by atoms with Gasteiger partial charge in [0.1, 0.15) is 11.4 Å². The van der Waals surface area contributed by atoms with Crippen LogP contribution in [-0.2, 0) is 32.0 Å². The van der Waals surface area contributed by atoms with Gasteiger partial charge < -0.3 is 21.3 Å². The van der Waals surface area contributed by atoms with Crippen LogP contribution in [0.4, 0.5) is 34.1 Å². The van der Waals surface area contributed by atoms with Crippen molar-refractivity contribution in [2.24, 2.45) is 20.5 Å². The van der Waals surface area contributed by atoms with Gasteiger partial charge in [-0.25, -0.2) is 0 Å². The number of para-hydroxylation sites is 2. The lowest BCUT2D eigenvalue weighted by Gasteiger charge is -2.18. The largest absolute Gasteiger partial charge is 0.323 e. The topological polar surface area (TPSA) is 200 Å². The van der Waals surface area contributed by atoms with Crippen molar-refractivity contribution in [1.29, 1.82) is 0 Å². The summed E-state index contributed by atoms with van der Waals surface area (Å²) < 4.78 is 0. The Morgan fingerprint density at radius 2 is 0.879 bits per heavy atom. The summed E-state index contributed by atoms with van der Waals surface area (Å²) in [6, 6.07) is 23.0. The summed E-state index contributed by atoms with van der Waals surface area (Å²) in [5.41, 5.74) is 4.84. The predicted molar refractivity (Wildman–Crippen MR) is 261 cm³/mol. The second-order valence-electron chi connectivity index (χ2n) is 15.0. The average molecular weight is 973 g/mol. The van der Waals surface area contributed by atoms with E-state index in [1.165, 1.54) is 50.2 Å². The fraction of sp³-hybridized carbons (Fsp3) is 0.250. The van der Waals surface area contributed by atoms with E-state index in [0.29, 0.717) is 46.7 Å². The molecule has 14 nitrogen and oxygen atoms in total. The molecule has 5 aromatic rings. The molecule has 0 saturated heterocycles. The Hall–Kier alpha value is -6.32. The number of benzene rings is 5. The van der Waals surface area contributed by atoms with Crippen LogP contribution in [0.1, 0.15) is 95.3 Å². The Balaban J connectivity index is 1.31. The van der Waals surface area contributed by atoms with E-state index in [9.17, 15) is 28.8 Å². The molecule has 0 bridgehead atoms. The molecule has 4 atom stereocenters. The van der Waals surface area contributed by atoms with Crippen LogP contribution in [0.25, 0.3) is 0 Å². The Bertz CT molecular complexity index is 2560. The number of hydrogen-bond donors (Lipinski definition) is 4. The van der Waals surface area contributed by atoms with Gasteiger partial charge in [0.25, 0.3) is 23.6 Å². The maximum Gasteiger partial charge on any atom is 0.258 e. The van der Waals surface area contributed by atoms with Crippen molar-refractivity contribution in [2.45, 2.75) is 77.2 Å². The Morgan fingerprint density at radius 1 is 0.515 bits per heavy atom. The smallest absolute Gasteiger partial charge is 0.258 e. The SMILES string of the molecule is CCc1cc(NC(=O)C(N=Nc2cc(C(=O)Nc3ccccc3C(C)Cl)ccc2Cl)C(C)=O)c(CC)cc1NC(=O)C(N=Nc1cc(C(=O)Nc2ccccc2C(C)Cl)ccc1Cl)C(C)=O. The standard InChI is InChI=1S/C48H46Cl4N8O6/c1-7-29-21-40(56-48(66)44(28(6)62)60-58-42-24-32(18-20-36(42)52)46(64)54-38-16-12-10-14-34(38)26(4)50)30(8-2)22-39(29)55-47(65)43(27(5)61)59-57-41-23-31(17-19-35(41)51)45(63)53-37-15-11-9-13-33(37)25(3)49/h9-26,43-44H,7-8H2,1-6H3,(H,53,63)(H,54,64)(H,55,65)(H,56,66). The van der Waals surface area contributed by atoms with Gasteiger partial charge in [0.05, 0.1) is 20.8 Å². The molecule has 0 saturated carbocycles. The van der Waals surface area contributed by atoms with Gasteiger partial charge in [-0.2, -0.15) is 20.5 Å². The van der Waals surface area contributed by atoms with Crippen LogP contribution in [-0.4, -0.2) is 47.3 Å². The van der Waals surface area contributed by atoms with Crippen molar-refractivity contribution >= 4 is 116 Å². The first-order valence-corrected chi connectivity index (χ1v) is 22.3. The first kappa shape index (κ1) is 50.7. The molecule has 0 aliphatic carbocycles. The summed E-state index contributed by atoms with van der Waals surface area (Å²) in [6.45, 7) is 9.61. The molecule has 4 N–H and O–H groups in total. The van der Waals surface area contributed by atoms with Crippen molar-refractivity contribution in [3.05, 3.63) is 140 Å². The number of ketones is 2. The number of amides is 4. The third kappa shape index (κ3) is 12.9. The van der Waals surface area contributed by atoms with Crippen LogP contribution in [0.15, 0.2) is 118 Å². The van der Waals surface area contributed by atoms with Crippen LogP contribution >= 0.6 is 46.4 Å². The second kappa shape index (κ2) is 23.2. The highest BCUT2D eigenvalue weighted by Gasteiger charge is 2.27. The molecule has 0 heterocycles. The fourth-order valence-corrected chi connectivity index (χ4v) is 7.24. The van der Waals surface area contributed by atoms with E-state index in [2.05, 4.69) is 41.7 Å². The first-order valence-electron chi connectivity index (χ1n) is 20.7. The summed E-state index contributed by atoms with van der Waals surface area (Å²) >= 11 is 25.4. The number of Topliss-reactive ketones (excluding diaryl/α,β-unsaturated/α-hetero) is 2. The quantitative estimate of drug-likeness (QED) is 0.0382. The Morgan fingerprint density at radius 3 is 1.21 bits per heavy atom. The summed E-state index contributed by atoms with van der Waals surface area (Å²) in [5.74, 6) is -3.75. The number of aryl methyl sites for hydroxylation is 2. The van der Waals surface area contributed by atoms with Gasteiger partial charge in [-0.05, 0) is 123 Å².